The second-order valence-electron chi connectivity index (χ2n) is 3.33. The molecule has 82 valence electrons. The first kappa shape index (κ1) is 10.2. The molecule has 1 heterocycles. The Kier molecular flexibility index (Phi) is 2.73. The lowest BCUT2D eigenvalue weighted by atomic mass is 10.1. The van der Waals surface area contributed by atoms with E-state index in [2.05, 4.69) is 0 Å². The number of benzene rings is 1. The second kappa shape index (κ2) is 4.02. The van der Waals surface area contributed by atoms with Crippen LogP contribution >= 0.6 is 0 Å². The first-order chi connectivity index (χ1) is 7.18. The molecule has 1 aromatic carbocycles. The number of nitrogens with two attached hydrogens (primary N) is 1. The molecule has 2 rings (SSSR count). The van der Waals surface area contributed by atoms with Gasteiger partial charge < -0.3 is 15.2 Å². The molecule has 2 atom stereocenters. The van der Waals surface area contributed by atoms with Gasteiger partial charge in [-0.1, -0.05) is 12.1 Å². The number of halogens is 2. The second-order valence-corrected chi connectivity index (χ2v) is 3.33. The van der Waals surface area contributed by atoms with Crippen LogP contribution in [0.15, 0.2) is 24.3 Å². The van der Waals surface area contributed by atoms with Gasteiger partial charge in [0.25, 0.3) is 6.43 Å². The fourth-order valence-electron chi connectivity index (χ4n) is 1.39. The van der Waals surface area contributed by atoms with Crippen molar-refractivity contribution in [2.75, 3.05) is 6.61 Å². The average molecular weight is 215 g/mol. The maximum atomic E-state index is 12.3. The van der Waals surface area contributed by atoms with Gasteiger partial charge in [0.15, 0.2) is 17.6 Å². The molecule has 1 aliphatic heterocycles. The van der Waals surface area contributed by atoms with Crippen LogP contribution in [0.25, 0.3) is 0 Å². The van der Waals surface area contributed by atoms with Crippen LogP contribution in [-0.2, 0) is 0 Å². The Bertz CT molecular complexity index is 346. The summed E-state index contributed by atoms with van der Waals surface area (Å²) in [6.45, 7) is 0.0581. The highest BCUT2D eigenvalue weighted by atomic mass is 19.3. The molecule has 0 fully saturated rings. The van der Waals surface area contributed by atoms with Crippen molar-refractivity contribution in [2.45, 2.75) is 18.6 Å². The Morgan fingerprint density at radius 2 is 1.93 bits per heavy atom. The van der Waals surface area contributed by atoms with Gasteiger partial charge in [0.2, 0.25) is 0 Å². The molecule has 0 radical (unpaired) electrons. The lowest BCUT2D eigenvalue weighted by Gasteiger charge is -2.29. The van der Waals surface area contributed by atoms with Crippen LogP contribution in [0.1, 0.15) is 0 Å². The highest BCUT2D eigenvalue weighted by molar-refractivity contribution is 5.40. The van der Waals surface area contributed by atoms with Gasteiger partial charge in [-0.15, -0.1) is 0 Å². The maximum Gasteiger partial charge on any atom is 0.257 e. The summed E-state index contributed by atoms with van der Waals surface area (Å²) >= 11 is 0. The van der Waals surface area contributed by atoms with Gasteiger partial charge >= 0.3 is 0 Å². The van der Waals surface area contributed by atoms with Crippen LogP contribution in [0, 0.1) is 0 Å². The molecule has 15 heavy (non-hydrogen) atoms. The van der Waals surface area contributed by atoms with E-state index in [1.165, 1.54) is 0 Å². The van der Waals surface area contributed by atoms with Crippen LogP contribution in [0.5, 0.6) is 11.5 Å². The number of ether oxygens (including phenoxy) is 2. The third-order valence-corrected chi connectivity index (χ3v) is 2.25. The summed E-state index contributed by atoms with van der Waals surface area (Å²) < 4.78 is 35.3. The molecule has 3 nitrogen and oxygen atoms in total. The molecule has 0 aromatic heterocycles. The maximum absolute atomic E-state index is 12.3. The summed E-state index contributed by atoms with van der Waals surface area (Å²) in [5, 5.41) is 0. The summed E-state index contributed by atoms with van der Waals surface area (Å²) in [5.74, 6) is 1.03. The summed E-state index contributed by atoms with van der Waals surface area (Å²) in [4.78, 5) is 0. The number of rotatable bonds is 2. The number of hydrogen-bond donors (Lipinski definition) is 1. The topological polar surface area (TPSA) is 44.5 Å². The van der Waals surface area contributed by atoms with Gasteiger partial charge in [0, 0.05) is 0 Å². The van der Waals surface area contributed by atoms with Crippen molar-refractivity contribution >= 4 is 0 Å². The third kappa shape index (κ3) is 2.02. The largest absolute Gasteiger partial charge is 0.486 e. The number of fused-ring (bicyclic) bond motifs is 1. The van der Waals surface area contributed by atoms with Crippen molar-refractivity contribution in [3.8, 4) is 11.5 Å². The summed E-state index contributed by atoms with van der Waals surface area (Å²) in [6, 6.07) is 5.60. The molecule has 0 aliphatic carbocycles. The zero-order valence-corrected chi connectivity index (χ0v) is 7.90. The molecule has 0 saturated carbocycles. The smallest absolute Gasteiger partial charge is 0.257 e. The predicted molar refractivity (Wildman–Crippen MR) is 50.3 cm³/mol. The van der Waals surface area contributed by atoms with E-state index in [1.54, 1.807) is 24.3 Å². The molecule has 5 heteroatoms. The summed E-state index contributed by atoms with van der Waals surface area (Å²) in [5.41, 5.74) is 5.29. The van der Waals surface area contributed by atoms with E-state index >= 15 is 0 Å². The van der Waals surface area contributed by atoms with Gasteiger partial charge in [-0.25, -0.2) is 8.78 Å². The molecule has 2 unspecified atom stereocenters. The van der Waals surface area contributed by atoms with E-state index in [0.717, 1.165) is 0 Å². The number of alkyl halides is 2. The molecule has 2 N–H and O–H groups in total. The first-order valence-corrected chi connectivity index (χ1v) is 4.60. The molecule has 0 bridgehead atoms. The van der Waals surface area contributed by atoms with E-state index in [4.69, 9.17) is 15.2 Å². The van der Waals surface area contributed by atoms with Crippen LogP contribution < -0.4 is 15.2 Å². The van der Waals surface area contributed by atoms with Gasteiger partial charge in [0.1, 0.15) is 12.6 Å². The molecular formula is C10H11F2NO2. The summed E-state index contributed by atoms with van der Waals surface area (Å²) in [6.07, 6.45) is -3.40. The molecule has 0 spiro atoms. The monoisotopic (exact) mass is 215 g/mol. The zero-order valence-electron chi connectivity index (χ0n) is 7.90. The third-order valence-electron chi connectivity index (χ3n) is 2.25. The Morgan fingerprint density at radius 1 is 1.27 bits per heavy atom. The first-order valence-electron chi connectivity index (χ1n) is 4.60. The van der Waals surface area contributed by atoms with Crippen LogP contribution in [0.3, 0.4) is 0 Å². The van der Waals surface area contributed by atoms with Crippen molar-refractivity contribution in [3.05, 3.63) is 24.3 Å². The molecule has 0 saturated heterocycles. The molecule has 0 amide bonds. The average Bonchev–Trinajstić information content (AvgIpc) is 2.27. The minimum absolute atomic E-state index is 0.0581. The molecule has 1 aromatic rings. The van der Waals surface area contributed by atoms with E-state index in [9.17, 15) is 8.78 Å². The predicted octanol–water partition coefficient (Wildman–Crippen LogP) is 1.42. The standard InChI is InChI=1S/C10H11F2NO2/c11-10(12)9(13)8-5-14-6-3-1-2-4-7(6)15-8/h1-4,8-10H,5,13H2. The highest BCUT2D eigenvalue weighted by Gasteiger charge is 2.31. The van der Waals surface area contributed by atoms with Gasteiger partial charge in [-0.3, -0.25) is 0 Å². The minimum atomic E-state index is -2.61. The molecule has 1 aliphatic rings. The zero-order chi connectivity index (χ0) is 10.8. The van der Waals surface area contributed by atoms with E-state index in [0.29, 0.717) is 11.5 Å². The number of para-hydroxylation sites is 2. The molecular weight excluding hydrogens is 204 g/mol. The van der Waals surface area contributed by atoms with Crippen LogP contribution in [-0.4, -0.2) is 25.2 Å². The summed E-state index contributed by atoms with van der Waals surface area (Å²) in [7, 11) is 0. The number of hydrogen-bond acceptors (Lipinski definition) is 3. The fraction of sp³-hybridized carbons (Fsp3) is 0.400. The van der Waals surface area contributed by atoms with Gasteiger partial charge in [-0.05, 0) is 12.1 Å². The van der Waals surface area contributed by atoms with Crippen molar-refractivity contribution in [1.82, 2.24) is 0 Å². The Morgan fingerprint density at radius 3 is 2.60 bits per heavy atom. The SMILES string of the molecule is NC(C(F)F)C1COc2ccccc2O1. The lowest BCUT2D eigenvalue weighted by molar-refractivity contribution is 0.00948. The fourth-order valence-corrected chi connectivity index (χ4v) is 1.39. The van der Waals surface area contributed by atoms with E-state index in [1.807, 2.05) is 0 Å². The van der Waals surface area contributed by atoms with Crippen molar-refractivity contribution in [1.29, 1.82) is 0 Å². The van der Waals surface area contributed by atoms with Gasteiger partial charge in [0.05, 0.1) is 0 Å². The van der Waals surface area contributed by atoms with Crippen molar-refractivity contribution in [3.63, 3.8) is 0 Å². The van der Waals surface area contributed by atoms with Gasteiger partial charge in [-0.2, -0.15) is 0 Å². The Balaban J connectivity index is 2.12. The Labute approximate surface area is 85.8 Å². The van der Waals surface area contributed by atoms with Crippen molar-refractivity contribution in [2.24, 2.45) is 5.73 Å². The quantitative estimate of drug-likeness (QED) is 0.811. The van der Waals surface area contributed by atoms with E-state index < -0.39 is 18.6 Å². The lowest BCUT2D eigenvalue weighted by Crippen LogP contribution is -2.48. The normalized spacial score (nSPS) is 21.5. The van der Waals surface area contributed by atoms with Crippen molar-refractivity contribution < 1.29 is 18.3 Å². The highest BCUT2D eigenvalue weighted by Crippen LogP contribution is 2.31. The van der Waals surface area contributed by atoms with E-state index in [-0.39, 0.29) is 6.61 Å². The Hall–Kier alpha value is -1.36. The van der Waals surface area contributed by atoms with Crippen LogP contribution in [0.4, 0.5) is 8.78 Å². The minimum Gasteiger partial charge on any atom is -0.486 e. The van der Waals surface area contributed by atoms with Crippen LogP contribution in [0.2, 0.25) is 0 Å².